The van der Waals surface area contributed by atoms with Crippen molar-refractivity contribution in [1.82, 2.24) is 0 Å². The number of hydrazone groups is 1. The van der Waals surface area contributed by atoms with Crippen molar-refractivity contribution in [3.8, 4) is 11.5 Å². The van der Waals surface area contributed by atoms with Gasteiger partial charge in [0.15, 0.2) is 11.5 Å². The van der Waals surface area contributed by atoms with Crippen molar-refractivity contribution in [2.24, 2.45) is 5.10 Å². The molecule has 1 N–H and O–H groups in total. The minimum Gasteiger partial charge on any atom is -0.493 e. The van der Waals surface area contributed by atoms with Gasteiger partial charge in [-0.05, 0) is 30.3 Å². The summed E-state index contributed by atoms with van der Waals surface area (Å²) >= 11 is 11.8. The number of nitrogens with zero attached hydrogens (tertiary/aromatic N) is 1. The summed E-state index contributed by atoms with van der Waals surface area (Å²) in [5.41, 5.74) is 4.40. The van der Waals surface area contributed by atoms with E-state index in [9.17, 15) is 0 Å². The molecule has 6 heteroatoms. The van der Waals surface area contributed by atoms with Crippen LogP contribution in [0, 0.1) is 0 Å². The molecular formula is C17H16Cl2N2O2. The van der Waals surface area contributed by atoms with Gasteiger partial charge >= 0.3 is 0 Å². The first-order chi connectivity index (χ1) is 11.2. The van der Waals surface area contributed by atoms with Gasteiger partial charge in [-0.25, -0.2) is 0 Å². The monoisotopic (exact) mass is 350 g/mol. The Morgan fingerprint density at radius 2 is 2.04 bits per heavy atom. The van der Waals surface area contributed by atoms with E-state index in [1.54, 1.807) is 37.6 Å². The van der Waals surface area contributed by atoms with Gasteiger partial charge in [0.1, 0.15) is 6.61 Å². The van der Waals surface area contributed by atoms with E-state index >= 15 is 0 Å². The maximum atomic E-state index is 5.96. The molecule has 0 heterocycles. The lowest BCUT2D eigenvalue weighted by Gasteiger charge is -2.11. The third kappa shape index (κ3) is 4.65. The first-order valence-electron chi connectivity index (χ1n) is 6.80. The van der Waals surface area contributed by atoms with Gasteiger partial charge in [-0.15, -0.1) is 0 Å². The van der Waals surface area contributed by atoms with Crippen molar-refractivity contribution in [2.75, 3.05) is 19.1 Å². The fourth-order valence-corrected chi connectivity index (χ4v) is 2.13. The summed E-state index contributed by atoms with van der Waals surface area (Å²) in [5, 5.41) is 5.14. The van der Waals surface area contributed by atoms with Gasteiger partial charge in [0.2, 0.25) is 0 Å². The zero-order valence-electron chi connectivity index (χ0n) is 12.6. The molecule has 0 unspecified atom stereocenters. The Morgan fingerprint density at radius 3 is 2.74 bits per heavy atom. The van der Waals surface area contributed by atoms with Gasteiger partial charge in [0, 0.05) is 5.56 Å². The van der Waals surface area contributed by atoms with Gasteiger partial charge in [-0.3, -0.25) is 5.43 Å². The number of benzene rings is 2. The number of nitrogens with one attached hydrogen (secondary N) is 1. The zero-order chi connectivity index (χ0) is 16.7. The molecule has 0 fully saturated rings. The molecule has 0 bridgehead atoms. The van der Waals surface area contributed by atoms with E-state index in [1.807, 2.05) is 18.2 Å². The number of halogens is 2. The molecule has 0 spiro atoms. The number of para-hydroxylation sites is 1. The zero-order valence-corrected chi connectivity index (χ0v) is 14.1. The molecule has 2 rings (SSSR count). The quantitative estimate of drug-likeness (QED) is 0.433. The molecule has 2 aromatic rings. The smallest absolute Gasteiger partial charge is 0.170 e. The Bertz CT molecular complexity index is 718. The van der Waals surface area contributed by atoms with Crippen molar-refractivity contribution in [1.29, 1.82) is 0 Å². The summed E-state index contributed by atoms with van der Waals surface area (Å²) in [5.74, 6) is 1.24. The lowest BCUT2D eigenvalue weighted by Crippen LogP contribution is -2.00. The molecule has 0 aromatic heterocycles. The van der Waals surface area contributed by atoms with Crippen molar-refractivity contribution < 1.29 is 9.47 Å². The average molecular weight is 351 g/mol. The maximum absolute atomic E-state index is 5.96. The third-order valence-corrected chi connectivity index (χ3v) is 3.63. The molecule has 0 radical (unpaired) electrons. The first kappa shape index (κ1) is 17.2. The maximum Gasteiger partial charge on any atom is 0.170 e. The Kier molecular flexibility index (Phi) is 6.32. The fourth-order valence-electron chi connectivity index (χ4n) is 1.83. The van der Waals surface area contributed by atoms with E-state index in [4.69, 9.17) is 32.7 Å². The van der Waals surface area contributed by atoms with E-state index in [0.29, 0.717) is 28.2 Å². The van der Waals surface area contributed by atoms with Gasteiger partial charge in [-0.2, -0.15) is 5.10 Å². The number of hydrogen-bond acceptors (Lipinski definition) is 4. The Labute approximate surface area is 145 Å². The normalized spacial score (nSPS) is 10.6. The minimum atomic E-state index is 0.376. The highest BCUT2D eigenvalue weighted by Crippen LogP contribution is 2.30. The molecule has 0 amide bonds. The van der Waals surface area contributed by atoms with Crippen LogP contribution in [0.5, 0.6) is 11.5 Å². The summed E-state index contributed by atoms with van der Waals surface area (Å²) in [4.78, 5) is 0. The molecule has 2 aromatic carbocycles. The van der Waals surface area contributed by atoms with Crippen LogP contribution in [-0.4, -0.2) is 19.9 Å². The molecule has 0 atom stereocenters. The van der Waals surface area contributed by atoms with Crippen LogP contribution in [0.2, 0.25) is 10.0 Å². The summed E-state index contributed by atoms with van der Waals surface area (Å²) < 4.78 is 10.9. The van der Waals surface area contributed by atoms with E-state index in [0.717, 1.165) is 11.3 Å². The summed E-state index contributed by atoms with van der Waals surface area (Å²) in [6.07, 6.45) is 3.31. The van der Waals surface area contributed by atoms with Gasteiger partial charge in [0.05, 0.1) is 29.1 Å². The van der Waals surface area contributed by atoms with E-state index < -0.39 is 0 Å². The molecule has 0 saturated heterocycles. The highest BCUT2D eigenvalue weighted by atomic mass is 35.5. The number of anilines is 1. The van der Waals surface area contributed by atoms with Crippen LogP contribution in [0.4, 0.5) is 5.69 Å². The molecule has 120 valence electrons. The predicted molar refractivity (Wildman–Crippen MR) is 96.4 cm³/mol. The number of rotatable bonds is 7. The van der Waals surface area contributed by atoms with Crippen LogP contribution in [0.15, 0.2) is 54.2 Å². The average Bonchev–Trinajstić information content (AvgIpc) is 2.56. The third-order valence-electron chi connectivity index (χ3n) is 2.89. The Morgan fingerprint density at radius 1 is 1.22 bits per heavy atom. The second kappa shape index (κ2) is 8.46. The summed E-state index contributed by atoms with van der Waals surface area (Å²) in [6, 6.07) is 10.7. The Balaban J connectivity index is 2.17. The molecule has 0 aliphatic rings. The lowest BCUT2D eigenvalue weighted by atomic mass is 10.2. The van der Waals surface area contributed by atoms with Crippen molar-refractivity contribution in [2.45, 2.75) is 0 Å². The molecule has 0 aliphatic carbocycles. The lowest BCUT2D eigenvalue weighted by molar-refractivity contribution is 0.326. The second-order valence-corrected chi connectivity index (χ2v) is 5.29. The second-order valence-electron chi connectivity index (χ2n) is 4.48. The van der Waals surface area contributed by atoms with Crippen LogP contribution >= 0.6 is 23.2 Å². The summed E-state index contributed by atoms with van der Waals surface area (Å²) in [6.45, 7) is 4.02. The van der Waals surface area contributed by atoms with Crippen LogP contribution < -0.4 is 14.9 Å². The van der Waals surface area contributed by atoms with Crippen LogP contribution in [-0.2, 0) is 0 Å². The highest BCUT2D eigenvalue weighted by Gasteiger charge is 2.08. The molecular weight excluding hydrogens is 335 g/mol. The molecule has 23 heavy (non-hydrogen) atoms. The predicted octanol–water partition coefficient (Wildman–Crippen LogP) is 5.01. The SMILES string of the molecule is C=CCOc1c(/C=N/Nc2ccc(Cl)c(Cl)c2)cccc1OC. The van der Waals surface area contributed by atoms with Crippen LogP contribution in [0.3, 0.4) is 0 Å². The fraction of sp³-hybridized carbons (Fsp3) is 0.118. The van der Waals surface area contributed by atoms with Gasteiger partial charge in [-0.1, -0.05) is 41.9 Å². The summed E-state index contributed by atoms with van der Waals surface area (Å²) in [7, 11) is 1.59. The minimum absolute atomic E-state index is 0.376. The van der Waals surface area contributed by atoms with Crippen molar-refractivity contribution in [3.05, 3.63) is 64.7 Å². The topological polar surface area (TPSA) is 42.8 Å². The van der Waals surface area contributed by atoms with E-state index in [1.165, 1.54) is 0 Å². The first-order valence-corrected chi connectivity index (χ1v) is 7.56. The van der Waals surface area contributed by atoms with Crippen LogP contribution in [0.25, 0.3) is 0 Å². The van der Waals surface area contributed by atoms with E-state index in [2.05, 4.69) is 17.1 Å². The Hall–Kier alpha value is -2.17. The molecule has 0 aliphatic heterocycles. The largest absolute Gasteiger partial charge is 0.493 e. The van der Waals surface area contributed by atoms with E-state index in [-0.39, 0.29) is 0 Å². The number of hydrogen-bond donors (Lipinski definition) is 1. The molecule has 4 nitrogen and oxygen atoms in total. The standard InChI is InChI=1S/C17H16Cl2N2O2/c1-3-9-23-17-12(5-4-6-16(17)22-2)11-20-21-13-7-8-14(18)15(19)10-13/h3-8,10-11,21H,1,9H2,2H3/b20-11+. The van der Waals surface area contributed by atoms with Gasteiger partial charge < -0.3 is 9.47 Å². The van der Waals surface area contributed by atoms with Crippen molar-refractivity contribution in [3.63, 3.8) is 0 Å². The van der Waals surface area contributed by atoms with Crippen molar-refractivity contribution >= 4 is 35.1 Å². The number of ether oxygens (including phenoxy) is 2. The van der Waals surface area contributed by atoms with Crippen LogP contribution in [0.1, 0.15) is 5.56 Å². The molecule has 0 saturated carbocycles. The number of methoxy groups -OCH3 is 1. The highest BCUT2D eigenvalue weighted by molar-refractivity contribution is 6.42. The van der Waals surface area contributed by atoms with Gasteiger partial charge in [0.25, 0.3) is 0 Å².